The van der Waals surface area contributed by atoms with E-state index in [0.717, 1.165) is 0 Å². The second-order valence-electron chi connectivity index (χ2n) is 4.35. The van der Waals surface area contributed by atoms with Crippen LogP contribution in [0, 0.1) is 0 Å². The van der Waals surface area contributed by atoms with E-state index >= 15 is 0 Å². The zero-order chi connectivity index (χ0) is 14.0. The number of carbonyl (C=O) groups excluding carboxylic acids is 1. The van der Waals surface area contributed by atoms with Crippen molar-refractivity contribution in [3.8, 4) is 0 Å². The fourth-order valence-electron chi connectivity index (χ4n) is 2.02. The molecule has 106 valence electrons. The highest BCUT2D eigenvalue weighted by Gasteiger charge is 2.34. The monoisotopic (exact) mass is 289 g/mol. The molecule has 2 rings (SSSR count). The van der Waals surface area contributed by atoms with Gasteiger partial charge in [0.25, 0.3) is 0 Å². The van der Waals surface area contributed by atoms with E-state index in [-0.39, 0.29) is 35.7 Å². The predicted molar refractivity (Wildman–Crippen MR) is 64.6 cm³/mol. The van der Waals surface area contributed by atoms with Gasteiger partial charge < -0.3 is 13.9 Å². The Kier molecular flexibility index (Phi) is 3.91. The predicted octanol–water partition coefficient (Wildman–Crippen LogP) is 0.510. The number of esters is 1. The van der Waals surface area contributed by atoms with Crippen molar-refractivity contribution in [2.75, 3.05) is 25.7 Å². The van der Waals surface area contributed by atoms with Crippen molar-refractivity contribution < 1.29 is 27.1 Å². The summed E-state index contributed by atoms with van der Waals surface area (Å²) in [7, 11) is -0.328. The number of hydrogen-bond donors (Lipinski definition) is 0. The normalized spacial score (nSPS) is 21.5. The van der Waals surface area contributed by atoms with Gasteiger partial charge in [-0.2, -0.15) is 0 Å². The lowest BCUT2D eigenvalue weighted by molar-refractivity contribution is 0.0556. The molecule has 0 aromatic carbocycles. The SMILES string of the molecule is COCc1nc(C2CCS(=O)(=O)C2)oc1C(=O)OC. The summed E-state index contributed by atoms with van der Waals surface area (Å²) >= 11 is 0. The summed E-state index contributed by atoms with van der Waals surface area (Å²) in [5.74, 6) is -0.601. The van der Waals surface area contributed by atoms with Crippen molar-refractivity contribution in [3.05, 3.63) is 17.3 Å². The highest BCUT2D eigenvalue weighted by atomic mass is 32.2. The summed E-state index contributed by atoms with van der Waals surface area (Å²) in [6.07, 6.45) is 0.454. The molecular formula is C11H15NO6S. The number of ether oxygens (including phenoxy) is 2. The number of hydrogen-bond acceptors (Lipinski definition) is 7. The van der Waals surface area contributed by atoms with Gasteiger partial charge in [-0.25, -0.2) is 18.2 Å². The zero-order valence-corrected chi connectivity index (χ0v) is 11.5. The third-order valence-electron chi connectivity index (χ3n) is 2.95. The minimum Gasteiger partial charge on any atom is -0.463 e. The van der Waals surface area contributed by atoms with Crippen LogP contribution in [0.15, 0.2) is 4.42 Å². The molecule has 0 amide bonds. The van der Waals surface area contributed by atoms with Gasteiger partial charge in [-0.3, -0.25) is 0 Å². The molecule has 1 aliphatic heterocycles. The lowest BCUT2D eigenvalue weighted by Gasteiger charge is -2.00. The van der Waals surface area contributed by atoms with Gasteiger partial charge in [0, 0.05) is 7.11 Å². The number of aromatic nitrogens is 1. The van der Waals surface area contributed by atoms with E-state index in [0.29, 0.717) is 12.1 Å². The molecule has 0 spiro atoms. The Balaban J connectivity index is 2.30. The number of sulfone groups is 1. The fourth-order valence-corrected chi connectivity index (χ4v) is 3.75. The van der Waals surface area contributed by atoms with Crippen LogP contribution in [0.5, 0.6) is 0 Å². The smallest absolute Gasteiger partial charge is 0.376 e. The molecule has 0 bridgehead atoms. The van der Waals surface area contributed by atoms with Crippen molar-refractivity contribution in [3.63, 3.8) is 0 Å². The minimum absolute atomic E-state index is 0.000544. The summed E-state index contributed by atoms with van der Waals surface area (Å²) in [6, 6.07) is 0. The first-order chi connectivity index (χ1) is 8.96. The first kappa shape index (κ1) is 14.0. The van der Waals surface area contributed by atoms with Gasteiger partial charge in [-0.05, 0) is 6.42 Å². The first-order valence-electron chi connectivity index (χ1n) is 5.74. The molecule has 1 fully saturated rings. The van der Waals surface area contributed by atoms with E-state index in [4.69, 9.17) is 9.15 Å². The third kappa shape index (κ3) is 2.95. The topological polar surface area (TPSA) is 95.7 Å². The lowest BCUT2D eigenvalue weighted by atomic mass is 10.1. The number of rotatable bonds is 4. The standard InChI is InChI=1S/C11H15NO6S/c1-16-5-8-9(11(13)17-2)18-10(12-8)7-3-4-19(14,15)6-7/h7H,3-6H2,1-2H3. The fraction of sp³-hybridized carbons (Fsp3) is 0.636. The van der Waals surface area contributed by atoms with Gasteiger partial charge >= 0.3 is 5.97 Å². The molecule has 1 aliphatic rings. The van der Waals surface area contributed by atoms with E-state index in [1.165, 1.54) is 14.2 Å². The molecule has 0 aliphatic carbocycles. The van der Waals surface area contributed by atoms with Crippen LogP contribution in [0.2, 0.25) is 0 Å². The van der Waals surface area contributed by atoms with E-state index < -0.39 is 15.8 Å². The largest absolute Gasteiger partial charge is 0.463 e. The van der Waals surface area contributed by atoms with Crippen molar-refractivity contribution in [2.45, 2.75) is 18.9 Å². The summed E-state index contributed by atoms with van der Waals surface area (Å²) in [5, 5.41) is 0. The van der Waals surface area contributed by atoms with Crippen LogP contribution in [0.25, 0.3) is 0 Å². The van der Waals surface area contributed by atoms with E-state index in [9.17, 15) is 13.2 Å². The van der Waals surface area contributed by atoms with Crippen molar-refractivity contribution in [1.82, 2.24) is 4.98 Å². The highest BCUT2D eigenvalue weighted by molar-refractivity contribution is 7.91. The summed E-state index contributed by atoms with van der Waals surface area (Å²) in [5.41, 5.74) is 0.327. The van der Waals surface area contributed by atoms with E-state index in [2.05, 4.69) is 9.72 Å². The summed E-state index contributed by atoms with van der Waals surface area (Å²) in [4.78, 5) is 15.7. The van der Waals surface area contributed by atoms with Gasteiger partial charge in [-0.1, -0.05) is 0 Å². The highest BCUT2D eigenvalue weighted by Crippen LogP contribution is 2.30. The molecule has 0 radical (unpaired) electrons. The molecule has 0 N–H and O–H groups in total. The Bertz CT molecular complexity index is 576. The lowest BCUT2D eigenvalue weighted by Crippen LogP contribution is -2.04. The Labute approximate surface area is 110 Å². The van der Waals surface area contributed by atoms with Crippen molar-refractivity contribution in [2.24, 2.45) is 0 Å². The number of nitrogens with zero attached hydrogens (tertiary/aromatic N) is 1. The Morgan fingerprint density at radius 3 is 2.74 bits per heavy atom. The molecular weight excluding hydrogens is 274 g/mol. The second-order valence-corrected chi connectivity index (χ2v) is 6.58. The summed E-state index contributed by atoms with van der Waals surface area (Å²) < 4.78 is 37.8. The maximum absolute atomic E-state index is 11.5. The molecule has 1 atom stereocenters. The number of methoxy groups -OCH3 is 2. The van der Waals surface area contributed by atoms with Crippen LogP contribution in [-0.2, 0) is 25.9 Å². The Morgan fingerprint density at radius 1 is 1.47 bits per heavy atom. The van der Waals surface area contributed by atoms with Gasteiger partial charge in [0.05, 0.1) is 31.1 Å². The van der Waals surface area contributed by atoms with Gasteiger partial charge in [0.1, 0.15) is 5.69 Å². The van der Waals surface area contributed by atoms with Crippen LogP contribution >= 0.6 is 0 Å². The molecule has 19 heavy (non-hydrogen) atoms. The average Bonchev–Trinajstić information content (AvgIpc) is 2.92. The summed E-state index contributed by atoms with van der Waals surface area (Å²) in [6.45, 7) is 0.105. The van der Waals surface area contributed by atoms with Gasteiger partial charge in [0.2, 0.25) is 5.76 Å². The molecule has 2 heterocycles. The van der Waals surface area contributed by atoms with Crippen molar-refractivity contribution in [1.29, 1.82) is 0 Å². The Morgan fingerprint density at radius 2 is 2.21 bits per heavy atom. The number of oxazole rings is 1. The van der Waals surface area contributed by atoms with Crippen molar-refractivity contribution >= 4 is 15.8 Å². The first-order valence-corrected chi connectivity index (χ1v) is 7.56. The van der Waals surface area contributed by atoms with Crippen LogP contribution in [-0.4, -0.2) is 45.1 Å². The average molecular weight is 289 g/mol. The molecule has 1 unspecified atom stereocenters. The van der Waals surface area contributed by atoms with Gasteiger partial charge in [0.15, 0.2) is 15.7 Å². The third-order valence-corrected chi connectivity index (χ3v) is 4.72. The number of carbonyl (C=O) groups is 1. The van der Waals surface area contributed by atoms with E-state index in [1.807, 2.05) is 0 Å². The quantitative estimate of drug-likeness (QED) is 0.745. The maximum atomic E-state index is 11.5. The Hall–Kier alpha value is -1.41. The van der Waals surface area contributed by atoms with Crippen LogP contribution < -0.4 is 0 Å². The molecule has 1 saturated heterocycles. The molecule has 1 aromatic heterocycles. The molecule has 8 heteroatoms. The maximum Gasteiger partial charge on any atom is 0.376 e. The van der Waals surface area contributed by atoms with E-state index in [1.54, 1.807) is 0 Å². The molecule has 1 aromatic rings. The minimum atomic E-state index is -3.03. The van der Waals surface area contributed by atoms with Crippen LogP contribution in [0.1, 0.15) is 34.5 Å². The second kappa shape index (κ2) is 5.30. The van der Waals surface area contributed by atoms with Crippen LogP contribution in [0.4, 0.5) is 0 Å². The zero-order valence-electron chi connectivity index (χ0n) is 10.7. The van der Waals surface area contributed by atoms with Crippen LogP contribution in [0.3, 0.4) is 0 Å². The van der Waals surface area contributed by atoms with Gasteiger partial charge in [-0.15, -0.1) is 0 Å². The molecule has 7 nitrogen and oxygen atoms in total. The molecule has 0 saturated carbocycles.